The molecule has 0 unspecified atom stereocenters. The van der Waals surface area contributed by atoms with Crippen LogP contribution in [0.5, 0.6) is 12.0 Å². The molecule has 0 radical (unpaired) electrons. The molecule has 16 heavy (non-hydrogen) atoms. The Balaban J connectivity index is 2.57. The molecule has 7 nitrogen and oxygen atoms in total. The zero-order valence-corrected chi connectivity index (χ0v) is 9.69. The van der Waals surface area contributed by atoms with Gasteiger partial charge in [0.25, 0.3) is 0 Å². The number of hydrogen-bond donors (Lipinski definition) is 1. The molecule has 0 spiro atoms. The fraction of sp³-hybridized carbons (Fsp3) is 0.667. The van der Waals surface area contributed by atoms with Crippen molar-refractivity contribution in [1.82, 2.24) is 15.0 Å². The molecule has 90 valence electrons. The summed E-state index contributed by atoms with van der Waals surface area (Å²) in [5, 5.41) is 2.79. The Morgan fingerprint density at radius 2 is 1.88 bits per heavy atom. The van der Waals surface area contributed by atoms with Gasteiger partial charge in [-0.25, -0.2) is 0 Å². The number of anilines is 1. The van der Waals surface area contributed by atoms with Crippen LogP contribution in [0, 0.1) is 0 Å². The number of hydrogen-bond acceptors (Lipinski definition) is 7. The van der Waals surface area contributed by atoms with Crippen LogP contribution in [0.1, 0.15) is 6.92 Å². The Bertz CT molecular complexity index is 299. The highest BCUT2D eigenvalue weighted by Gasteiger charge is 2.06. The maximum absolute atomic E-state index is 5.29. The molecule has 7 heteroatoms. The van der Waals surface area contributed by atoms with Gasteiger partial charge in [-0.3, -0.25) is 0 Å². The molecule has 1 N–H and O–H groups in total. The smallest absolute Gasteiger partial charge is 0.324 e. The third-order valence-corrected chi connectivity index (χ3v) is 1.66. The van der Waals surface area contributed by atoms with E-state index in [2.05, 4.69) is 20.3 Å². The summed E-state index contributed by atoms with van der Waals surface area (Å²) in [5.41, 5.74) is 0. The predicted octanol–water partition coefficient (Wildman–Crippen LogP) is 0.337. The molecule has 0 aliphatic rings. The SMILES string of the molecule is CCOCCOc1nc(NC)nc(OC)n1. The molecule has 0 saturated heterocycles. The van der Waals surface area contributed by atoms with E-state index >= 15 is 0 Å². The monoisotopic (exact) mass is 228 g/mol. The van der Waals surface area contributed by atoms with Crippen molar-refractivity contribution >= 4 is 5.95 Å². The minimum atomic E-state index is 0.214. The lowest BCUT2D eigenvalue weighted by atomic mass is 10.7. The summed E-state index contributed by atoms with van der Waals surface area (Å²) in [6, 6.07) is 0.432. The highest BCUT2D eigenvalue weighted by atomic mass is 16.5. The average molecular weight is 228 g/mol. The molecule has 0 aromatic carbocycles. The van der Waals surface area contributed by atoms with Gasteiger partial charge in [0.1, 0.15) is 6.61 Å². The van der Waals surface area contributed by atoms with Gasteiger partial charge in [-0.15, -0.1) is 4.98 Å². The molecule has 0 saturated carbocycles. The second-order valence-corrected chi connectivity index (χ2v) is 2.72. The summed E-state index contributed by atoms with van der Waals surface area (Å²) in [6.07, 6.45) is 0. The summed E-state index contributed by atoms with van der Waals surface area (Å²) in [6.45, 7) is 3.47. The van der Waals surface area contributed by atoms with Gasteiger partial charge in [0, 0.05) is 13.7 Å². The fourth-order valence-corrected chi connectivity index (χ4v) is 0.942. The number of rotatable bonds is 7. The van der Waals surface area contributed by atoms with Crippen molar-refractivity contribution in [3.8, 4) is 12.0 Å². The van der Waals surface area contributed by atoms with E-state index in [1.165, 1.54) is 7.11 Å². The van der Waals surface area contributed by atoms with Gasteiger partial charge in [-0.05, 0) is 6.92 Å². The Labute approximate surface area is 94.2 Å². The van der Waals surface area contributed by atoms with Crippen molar-refractivity contribution in [2.24, 2.45) is 0 Å². The third-order valence-electron chi connectivity index (χ3n) is 1.66. The van der Waals surface area contributed by atoms with Crippen LogP contribution in [0.3, 0.4) is 0 Å². The maximum atomic E-state index is 5.29. The van der Waals surface area contributed by atoms with Crippen LogP contribution in [0.25, 0.3) is 0 Å². The van der Waals surface area contributed by atoms with E-state index < -0.39 is 0 Å². The van der Waals surface area contributed by atoms with E-state index in [9.17, 15) is 0 Å². The van der Waals surface area contributed by atoms with Crippen molar-refractivity contribution in [1.29, 1.82) is 0 Å². The lowest BCUT2D eigenvalue weighted by molar-refractivity contribution is 0.106. The molecule has 1 aromatic heterocycles. The first kappa shape index (κ1) is 12.4. The van der Waals surface area contributed by atoms with E-state index in [-0.39, 0.29) is 12.0 Å². The lowest BCUT2D eigenvalue weighted by Gasteiger charge is -2.06. The molecular formula is C9H16N4O3. The zero-order valence-electron chi connectivity index (χ0n) is 9.69. The van der Waals surface area contributed by atoms with Crippen LogP contribution in [0.2, 0.25) is 0 Å². The Morgan fingerprint density at radius 1 is 1.12 bits per heavy atom. The van der Waals surface area contributed by atoms with Crippen LogP contribution >= 0.6 is 0 Å². The minimum absolute atomic E-state index is 0.214. The van der Waals surface area contributed by atoms with Gasteiger partial charge in [-0.2, -0.15) is 9.97 Å². The Morgan fingerprint density at radius 3 is 2.50 bits per heavy atom. The number of methoxy groups -OCH3 is 1. The topological polar surface area (TPSA) is 78.4 Å². The van der Waals surface area contributed by atoms with Gasteiger partial charge < -0.3 is 19.5 Å². The number of nitrogens with one attached hydrogen (secondary N) is 1. The molecule has 0 amide bonds. The first-order valence-corrected chi connectivity index (χ1v) is 4.98. The van der Waals surface area contributed by atoms with Crippen molar-refractivity contribution in [2.45, 2.75) is 6.92 Å². The number of ether oxygens (including phenoxy) is 3. The summed E-state index contributed by atoms with van der Waals surface area (Å²) in [4.78, 5) is 11.9. The second kappa shape index (κ2) is 6.78. The number of aromatic nitrogens is 3. The lowest BCUT2D eigenvalue weighted by Crippen LogP contribution is -2.10. The standard InChI is InChI=1S/C9H16N4O3/c1-4-15-5-6-16-9-12-7(10-2)11-8(13-9)14-3/h4-6H2,1-3H3,(H,10,11,12,13). The zero-order chi connectivity index (χ0) is 11.8. The highest BCUT2D eigenvalue weighted by Crippen LogP contribution is 2.11. The summed E-state index contributed by atoms with van der Waals surface area (Å²) < 4.78 is 15.3. The fourth-order valence-electron chi connectivity index (χ4n) is 0.942. The van der Waals surface area contributed by atoms with E-state index in [1.807, 2.05) is 6.92 Å². The largest absolute Gasteiger partial charge is 0.467 e. The minimum Gasteiger partial charge on any atom is -0.467 e. The molecule has 1 heterocycles. The first-order valence-electron chi connectivity index (χ1n) is 4.98. The molecular weight excluding hydrogens is 212 g/mol. The highest BCUT2D eigenvalue weighted by molar-refractivity contribution is 5.26. The van der Waals surface area contributed by atoms with Crippen LogP contribution in [-0.2, 0) is 4.74 Å². The molecule has 0 bridgehead atoms. The van der Waals surface area contributed by atoms with Crippen molar-refractivity contribution in [3.05, 3.63) is 0 Å². The molecule has 1 aromatic rings. The average Bonchev–Trinajstić information content (AvgIpc) is 2.34. The summed E-state index contributed by atoms with van der Waals surface area (Å²) >= 11 is 0. The number of nitrogens with zero attached hydrogens (tertiary/aromatic N) is 3. The van der Waals surface area contributed by atoms with Crippen molar-refractivity contribution in [2.75, 3.05) is 39.3 Å². The van der Waals surface area contributed by atoms with Gasteiger partial charge >= 0.3 is 12.0 Å². The van der Waals surface area contributed by atoms with Crippen LogP contribution < -0.4 is 14.8 Å². The van der Waals surface area contributed by atoms with Gasteiger partial charge in [0.2, 0.25) is 5.95 Å². The Hall–Kier alpha value is -1.63. The predicted molar refractivity (Wildman–Crippen MR) is 57.9 cm³/mol. The van der Waals surface area contributed by atoms with E-state index in [4.69, 9.17) is 14.2 Å². The quantitative estimate of drug-likeness (QED) is 0.674. The molecule has 0 aliphatic carbocycles. The molecule has 0 fully saturated rings. The van der Waals surface area contributed by atoms with Crippen molar-refractivity contribution < 1.29 is 14.2 Å². The van der Waals surface area contributed by atoms with Crippen molar-refractivity contribution in [3.63, 3.8) is 0 Å². The third kappa shape index (κ3) is 3.85. The Kier molecular flexibility index (Phi) is 5.27. The molecule has 0 atom stereocenters. The van der Waals surface area contributed by atoms with Gasteiger partial charge in [0.15, 0.2) is 0 Å². The van der Waals surface area contributed by atoms with E-state index in [0.29, 0.717) is 25.8 Å². The first-order chi connectivity index (χ1) is 7.80. The normalized spacial score (nSPS) is 9.94. The van der Waals surface area contributed by atoms with Crippen LogP contribution in [0.4, 0.5) is 5.95 Å². The molecule has 0 aliphatic heterocycles. The second-order valence-electron chi connectivity index (χ2n) is 2.72. The van der Waals surface area contributed by atoms with Gasteiger partial charge in [0.05, 0.1) is 13.7 Å². The van der Waals surface area contributed by atoms with E-state index in [1.54, 1.807) is 7.05 Å². The summed E-state index contributed by atoms with van der Waals surface area (Å²) in [7, 11) is 3.19. The maximum Gasteiger partial charge on any atom is 0.324 e. The van der Waals surface area contributed by atoms with E-state index in [0.717, 1.165) is 0 Å². The van der Waals surface area contributed by atoms with Crippen LogP contribution in [0.15, 0.2) is 0 Å². The van der Waals surface area contributed by atoms with Crippen LogP contribution in [-0.4, -0.2) is 48.9 Å². The van der Waals surface area contributed by atoms with Gasteiger partial charge in [-0.1, -0.05) is 0 Å². The molecule has 1 rings (SSSR count). The summed E-state index contributed by atoms with van der Waals surface area (Å²) in [5.74, 6) is 0.401.